The van der Waals surface area contributed by atoms with Crippen LogP contribution in [0.2, 0.25) is 0 Å². The van der Waals surface area contributed by atoms with Crippen LogP contribution in [0.4, 0.5) is 5.69 Å². The number of carboxylic acids is 1. The first-order valence-electron chi connectivity index (χ1n) is 7.12. The van der Waals surface area contributed by atoms with E-state index in [-0.39, 0.29) is 17.7 Å². The van der Waals surface area contributed by atoms with Gasteiger partial charge in [0.25, 0.3) is 0 Å². The Morgan fingerprint density at radius 1 is 1.20 bits per heavy atom. The second-order valence-electron chi connectivity index (χ2n) is 5.80. The molecule has 0 radical (unpaired) electrons. The molecule has 0 saturated heterocycles. The summed E-state index contributed by atoms with van der Waals surface area (Å²) in [5.41, 5.74) is 0.939. The lowest BCUT2D eigenvalue weighted by Crippen LogP contribution is -2.35. The predicted molar refractivity (Wildman–Crippen MR) is 77.6 cm³/mol. The topological polar surface area (TPSA) is 66.4 Å². The lowest BCUT2D eigenvalue weighted by atomic mass is 9.75. The molecule has 4 heteroatoms. The molecule has 0 unspecified atom stereocenters. The van der Waals surface area contributed by atoms with E-state index >= 15 is 0 Å². The fourth-order valence-corrected chi connectivity index (χ4v) is 2.79. The van der Waals surface area contributed by atoms with Gasteiger partial charge < -0.3 is 10.4 Å². The first kappa shape index (κ1) is 14.6. The third-order valence-electron chi connectivity index (χ3n) is 4.11. The smallest absolute Gasteiger partial charge is 0.307 e. The van der Waals surface area contributed by atoms with Crippen molar-refractivity contribution in [3.05, 3.63) is 29.8 Å². The molecule has 0 aromatic heterocycles. The minimum atomic E-state index is -0.893. The summed E-state index contributed by atoms with van der Waals surface area (Å²) in [6, 6.07) is 7.11. The van der Waals surface area contributed by atoms with Crippen molar-refractivity contribution in [2.24, 2.45) is 5.41 Å². The monoisotopic (exact) mass is 275 g/mol. The fourth-order valence-electron chi connectivity index (χ4n) is 2.79. The Morgan fingerprint density at radius 2 is 1.85 bits per heavy atom. The second-order valence-corrected chi connectivity index (χ2v) is 5.80. The number of amides is 1. The summed E-state index contributed by atoms with van der Waals surface area (Å²) >= 11 is 0. The Balaban J connectivity index is 2.13. The first-order chi connectivity index (χ1) is 9.51. The van der Waals surface area contributed by atoms with Gasteiger partial charge in [-0.2, -0.15) is 0 Å². The number of aliphatic carboxylic acids is 1. The van der Waals surface area contributed by atoms with Gasteiger partial charge in [-0.1, -0.05) is 44.4 Å². The Hall–Kier alpha value is -1.84. The fraction of sp³-hybridized carbons (Fsp3) is 0.500. The van der Waals surface area contributed by atoms with E-state index in [2.05, 4.69) is 5.32 Å². The Kier molecular flexibility index (Phi) is 4.42. The first-order valence-corrected chi connectivity index (χ1v) is 7.12. The molecule has 20 heavy (non-hydrogen) atoms. The number of para-hydroxylation sites is 1. The van der Waals surface area contributed by atoms with E-state index in [0.717, 1.165) is 25.7 Å². The van der Waals surface area contributed by atoms with Crippen LogP contribution < -0.4 is 5.32 Å². The van der Waals surface area contributed by atoms with E-state index in [1.54, 1.807) is 18.2 Å². The van der Waals surface area contributed by atoms with E-state index in [9.17, 15) is 9.59 Å². The third kappa shape index (κ3) is 3.38. The highest BCUT2D eigenvalue weighted by Crippen LogP contribution is 2.37. The molecule has 0 bridgehead atoms. The zero-order valence-corrected chi connectivity index (χ0v) is 11.8. The Labute approximate surface area is 119 Å². The predicted octanol–water partition coefficient (Wildman–Crippen LogP) is 3.22. The van der Waals surface area contributed by atoms with Gasteiger partial charge in [0, 0.05) is 11.1 Å². The van der Waals surface area contributed by atoms with Crippen molar-refractivity contribution in [3.8, 4) is 0 Å². The molecule has 2 N–H and O–H groups in total. The van der Waals surface area contributed by atoms with Gasteiger partial charge >= 0.3 is 5.97 Å². The van der Waals surface area contributed by atoms with Gasteiger partial charge in [-0.25, -0.2) is 0 Å². The van der Waals surface area contributed by atoms with Crippen molar-refractivity contribution in [2.45, 2.75) is 45.4 Å². The summed E-state index contributed by atoms with van der Waals surface area (Å²) in [4.78, 5) is 23.3. The molecule has 108 valence electrons. The minimum Gasteiger partial charge on any atom is -0.481 e. The zero-order valence-electron chi connectivity index (χ0n) is 11.8. The number of benzene rings is 1. The molecule has 2 rings (SSSR count). The maximum Gasteiger partial charge on any atom is 0.307 e. The van der Waals surface area contributed by atoms with Crippen LogP contribution in [-0.2, 0) is 16.0 Å². The molecule has 0 atom stereocenters. The molecular weight excluding hydrogens is 254 g/mol. The van der Waals surface area contributed by atoms with Gasteiger partial charge in [0.15, 0.2) is 0 Å². The lowest BCUT2D eigenvalue weighted by Gasteiger charge is -2.32. The van der Waals surface area contributed by atoms with Gasteiger partial charge in [0.1, 0.15) is 0 Å². The van der Waals surface area contributed by atoms with Gasteiger partial charge in [0.2, 0.25) is 5.91 Å². The maximum absolute atomic E-state index is 12.5. The lowest BCUT2D eigenvalue weighted by molar-refractivity contribution is -0.136. The summed E-state index contributed by atoms with van der Waals surface area (Å²) in [6.45, 7) is 2.00. The van der Waals surface area contributed by atoms with Gasteiger partial charge in [-0.15, -0.1) is 0 Å². The molecule has 0 spiro atoms. The number of nitrogens with one attached hydrogen (secondary N) is 1. The van der Waals surface area contributed by atoms with E-state index in [1.807, 2.05) is 13.0 Å². The van der Waals surface area contributed by atoms with Crippen molar-refractivity contribution < 1.29 is 14.7 Å². The molecule has 1 aliphatic carbocycles. The van der Waals surface area contributed by atoms with E-state index in [4.69, 9.17) is 5.11 Å². The summed E-state index contributed by atoms with van der Waals surface area (Å²) in [5, 5.41) is 11.8. The summed E-state index contributed by atoms with van der Waals surface area (Å²) in [7, 11) is 0. The van der Waals surface area contributed by atoms with Gasteiger partial charge in [-0.3, -0.25) is 9.59 Å². The SMILES string of the molecule is CC1(C(=O)Nc2ccccc2CC(=O)O)CCCCC1. The average Bonchev–Trinajstić information content (AvgIpc) is 2.41. The van der Waals surface area contributed by atoms with Crippen LogP contribution in [0.1, 0.15) is 44.6 Å². The largest absolute Gasteiger partial charge is 0.481 e. The van der Waals surface area contributed by atoms with Crippen LogP contribution in [0.5, 0.6) is 0 Å². The number of carbonyl (C=O) groups is 2. The standard InChI is InChI=1S/C16H21NO3/c1-16(9-5-2-6-10-16)15(20)17-13-8-4-3-7-12(13)11-14(18)19/h3-4,7-8H,2,5-6,9-11H2,1H3,(H,17,20)(H,18,19). The van der Waals surface area contributed by atoms with Crippen LogP contribution in [0, 0.1) is 5.41 Å². The van der Waals surface area contributed by atoms with Crippen molar-refractivity contribution in [1.82, 2.24) is 0 Å². The van der Waals surface area contributed by atoms with Crippen molar-refractivity contribution >= 4 is 17.6 Å². The van der Waals surface area contributed by atoms with Gasteiger partial charge in [0.05, 0.1) is 6.42 Å². The number of anilines is 1. The molecule has 1 aromatic rings. The highest BCUT2D eigenvalue weighted by atomic mass is 16.4. The molecule has 1 fully saturated rings. The van der Waals surface area contributed by atoms with Crippen molar-refractivity contribution in [2.75, 3.05) is 5.32 Å². The van der Waals surface area contributed by atoms with E-state index in [0.29, 0.717) is 11.3 Å². The van der Waals surface area contributed by atoms with Crippen molar-refractivity contribution in [1.29, 1.82) is 0 Å². The summed E-state index contributed by atoms with van der Waals surface area (Å²) in [6.07, 6.45) is 5.09. The number of hydrogen-bond acceptors (Lipinski definition) is 2. The highest BCUT2D eigenvalue weighted by Gasteiger charge is 2.34. The quantitative estimate of drug-likeness (QED) is 0.886. The highest BCUT2D eigenvalue weighted by molar-refractivity contribution is 5.96. The zero-order chi connectivity index (χ0) is 14.6. The molecule has 1 amide bonds. The van der Waals surface area contributed by atoms with Crippen LogP contribution in [0.15, 0.2) is 24.3 Å². The maximum atomic E-state index is 12.5. The summed E-state index contributed by atoms with van der Waals surface area (Å²) < 4.78 is 0. The average molecular weight is 275 g/mol. The van der Waals surface area contributed by atoms with Crippen LogP contribution in [0.25, 0.3) is 0 Å². The molecule has 1 aromatic carbocycles. The number of carbonyl (C=O) groups excluding carboxylic acids is 1. The number of rotatable bonds is 4. The Morgan fingerprint density at radius 3 is 2.50 bits per heavy atom. The van der Waals surface area contributed by atoms with Crippen LogP contribution >= 0.6 is 0 Å². The normalized spacial score (nSPS) is 17.4. The third-order valence-corrected chi connectivity index (χ3v) is 4.11. The molecular formula is C16H21NO3. The van der Waals surface area contributed by atoms with Crippen LogP contribution in [0.3, 0.4) is 0 Å². The molecule has 1 aliphatic rings. The Bertz CT molecular complexity index is 504. The summed E-state index contributed by atoms with van der Waals surface area (Å²) in [5.74, 6) is -0.884. The molecule has 1 saturated carbocycles. The van der Waals surface area contributed by atoms with E-state index < -0.39 is 5.97 Å². The van der Waals surface area contributed by atoms with Crippen LogP contribution in [-0.4, -0.2) is 17.0 Å². The number of carboxylic acid groups (broad SMARTS) is 1. The number of hydrogen-bond donors (Lipinski definition) is 2. The molecule has 4 nitrogen and oxygen atoms in total. The van der Waals surface area contributed by atoms with E-state index in [1.165, 1.54) is 6.42 Å². The molecule has 0 heterocycles. The second kappa shape index (κ2) is 6.07. The minimum absolute atomic E-state index is 0.00930. The van der Waals surface area contributed by atoms with Gasteiger partial charge in [-0.05, 0) is 24.5 Å². The molecule has 0 aliphatic heterocycles. The van der Waals surface area contributed by atoms with Crippen molar-refractivity contribution in [3.63, 3.8) is 0 Å².